The molecule has 0 amide bonds. The molecule has 2 rings (SSSR count). The predicted octanol–water partition coefficient (Wildman–Crippen LogP) is 2.39. The zero-order chi connectivity index (χ0) is 11.5. The molecule has 0 saturated carbocycles. The number of carboxylic acid groups (broad SMARTS) is 1. The molecule has 0 aliphatic rings. The van der Waals surface area contributed by atoms with Crippen LogP contribution in [0.5, 0.6) is 0 Å². The van der Waals surface area contributed by atoms with E-state index >= 15 is 0 Å². The summed E-state index contributed by atoms with van der Waals surface area (Å²) in [4.78, 5) is 14.7. The Morgan fingerprint density at radius 2 is 2.00 bits per heavy atom. The number of nitrogens with two attached hydrogens (primary N) is 1. The van der Waals surface area contributed by atoms with Gasteiger partial charge in [-0.25, -0.2) is 9.78 Å². The van der Waals surface area contributed by atoms with E-state index in [1.54, 1.807) is 0 Å². The lowest BCUT2D eigenvalue weighted by Crippen LogP contribution is -1.96. The molecule has 0 radical (unpaired) electrons. The Labute approximate surface area is 109 Å². The van der Waals surface area contributed by atoms with Crippen LogP contribution >= 0.6 is 23.7 Å². The number of carboxylic acids is 1. The number of benzene rings is 1. The molecule has 0 bridgehead atoms. The number of thiazole rings is 1. The molecule has 1 aromatic heterocycles. The minimum atomic E-state index is -0.999. The Morgan fingerprint density at radius 3 is 2.47 bits per heavy atom. The van der Waals surface area contributed by atoms with Gasteiger partial charge < -0.3 is 10.8 Å². The van der Waals surface area contributed by atoms with E-state index in [4.69, 9.17) is 10.8 Å². The van der Waals surface area contributed by atoms with Crippen molar-refractivity contribution in [3.05, 3.63) is 40.9 Å². The van der Waals surface area contributed by atoms with E-state index in [1.165, 1.54) is 16.7 Å². The molecule has 0 fully saturated rings. The molecular formula is C11H11ClN2O2S. The third-order valence-corrected chi connectivity index (χ3v) is 3.05. The van der Waals surface area contributed by atoms with E-state index in [0.29, 0.717) is 11.6 Å². The van der Waals surface area contributed by atoms with Crippen LogP contribution in [-0.2, 0) is 6.54 Å². The summed E-state index contributed by atoms with van der Waals surface area (Å²) in [6.07, 6.45) is 0. The first kappa shape index (κ1) is 13.6. The number of hydrogen-bond donors (Lipinski definition) is 2. The van der Waals surface area contributed by atoms with Crippen LogP contribution in [0.4, 0.5) is 0 Å². The molecule has 0 aliphatic carbocycles. The molecule has 0 aliphatic heterocycles. The largest absolute Gasteiger partial charge is 0.476 e. The number of nitrogens with zero attached hydrogens (tertiary/aromatic N) is 1. The average Bonchev–Trinajstić information content (AvgIpc) is 2.78. The van der Waals surface area contributed by atoms with Crippen molar-refractivity contribution in [3.8, 4) is 10.6 Å². The number of aromatic carboxylic acids is 1. The van der Waals surface area contributed by atoms with Crippen molar-refractivity contribution in [1.82, 2.24) is 4.98 Å². The molecule has 4 nitrogen and oxygen atoms in total. The smallest absolute Gasteiger partial charge is 0.355 e. The van der Waals surface area contributed by atoms with Gasteiger partial charge in [-0.15, -0.1) is 23.7 Å². The van der Waals surface area contributed by atoms with Gasteiger partial charge in [0.15, 0.2) is 5.69 Å². The number of rotatable bonds is 3. The third kappa shape index (κ3) is 3.03. The van der Waals surface area contributed by atoms with Crippen LogP contribution in [0.15, 0.2) is 29.6 Å². The van der Waals surface area contributed by atoms with Gasteiger partial charge in [0.05, 0.1) is 0 Å². The standard InChI is InChI=1S/C11H10N2O2S.ClH/c12-5-7-1-3-8(4-2-7)10-13-9(6-16-10)11(14)15;/h1-4,6H,5,12H2,(H,14,15);1H. The van der Waals surface area contributed by atoms with Gasteiger partial charge >= 0.3 is 5.97 Å². The van der Waals surface area contributed by atoms with Crippen molar-refractivity contribution in [3.63, 3.8) is 0 Å². The van der Waals surface area contributed by atoms with Gasteiger partial charge in [-0.05, 0) is 5.56 Å². The van der Waals surface area contributed by atoms with Crippen LogP contribution in [0, 0.1) is 0 Å². The Kier molecular flexibility index (Phi) is 4.62. The first-order valence-corrected chi connectivity index (χ1v) is 5.57. The Balaban J connectivity index is 0.00000144. The van der Waals surface area contributed by atoms with Crippen LogP contribution in [0.1, 0.15) is 16.1 Å². The predicted molar refractivity (Wildman–Crippen MR) is 69.6 cm³/mol. The minimum Gasteiger partial charge on any atom is -0.476 e. The summed E-state index contributed by atoms with van der Waals surface area (Å²) >= 11 is 1.32. The van der Waals surface area contributed by atoms with Gasteiger partial charge in [-0.1, -0.05) is 24.3 Å². The van der Waals surface area contributed by atoms with E-state index < -0.39 is 5.97 Å². The zero-order valence-corrected chi connectivity index (χ0v) is 10.4. The van der Waals surface area contributed by atoms with Crippen molar-refractivity contribution in [2.24, 2.45) is 5.73 Å². The molecule has 0 spiro atoms. The summed E-state index contributed by atoms with van der Waals surface area (Å²) in [5.74, 6) is -0.999. The van der Waals surface area contributed by atoms with Crippen LogP contribution < -0.4 is 5.73 Å². The highest BCUT2D eigenvalue weighted by Gasteiger charge is 2.09. The summed E-state index contributed by atoms with van der Waals surface area (Å²) in [5, 5.41) is 11.0. The van der Waals surface area contributed by atoms with Crippen LogP contribution in [-0.4, -0.2) is 16.1 Å². The highest BCUT2D eigenvalue weighted by Crippen LogP contribution is 2.23. The summed E-state index contributed by atoms with van der Waals surface area (Å²) in [6, 6.07) is 7.62. The summed E-state index contributed by atoms with van der Waals surface area (Å²) in [7, 11) is 0. The number of hydrogen-bond acceptors (Lipinski definition) is 4. The second-order valence-corrected chi connectivity index (χ2v) is 4.10. The van der Waals surface area contributed by atoms with Crippen LogP contribution in [0.25, 0.3) is 10.6 Å². The summed E-state index contributed by atoms with van der Waals surface area (Å²) < 4.78 is 0. The quantitative estimate of drug-likeness (QED) is 0.898. The molecule has 3 N–H and O–H groups in total. The molecule has 0 saturated heterocycles. The topological polar surface area (TPSA) is 76.2 Å². The highest BCUT2D eigenvalue weighted by atomic mass is 35.5. The Morgan fingerprint density at radius 1 is 1.35 bits per heavy atom. The van der Waals surface area contributed by atoms with Crippen LogP contribution in [0.3, 0.4) is 0 Å². The maximum atomic E-state index is 10.7. The third-order valence-electron chi connectivity index (χ3n) is 2.16. The van der Waals surface area contributed by atoms with Gasteiger partial charge in [0.2, 0.25) is 0 Å². The second-order valence-electron chi connectivity index (χ2n) is 3.24. The van der Waals surface area contributed by atoms with Crippen molar-refractivity contribution in [1.29, 1.82) is 0 Å². The molecule has 90 valence electrons. The number of carbonyl (C=O) groups is 1. The zero-order valence-electron chi connectivity index (χ0n) is 8.79. The molecule has 17 heavy (non-hydrogen) atoms. The minimum absolute atomic E-state index is 0. The van der Waals surface area contributed by atoms with E-state index in [0.717, 1.165) is 11.1 Å². The van der Waals surface area contributed by atoms with Crippen molar-refractivity contribution < 1.29 is 9.90 Å². The summed E-state index contributed by atoms with van der Waals surface area (Å²) in [5.41, 5.74) is 7.53. The molecule has 6 heteroatoms. The van der Waals surface area contributed by atoms with Gasteiger partial charge in [0.25, 0.3) is 0 Å². The first-order valence-electron chi connectivity index (χ1n) is 4.69. The van der Waals surface area contributed by atoms with E-state index in [1.807, 2.05) is 24.3 Å². The normalized spacial score (nSPS) is 9.71. The summed E-state index contributed by atoms with van der Waals surface area (Å²) in [6.45, 7) is 0.499. The lowest BCUT2D eigenvalue weighted by atomic mass is 10.1. The van der Waals surface area contributed by atoms with Gasteiger partial charge in [-0.2, -0.15) is 0 Å². The Bertz CT molecular complexity index is 510. The SMILES string of the molecule is Cl.NCc1ccc(-c2nc(C(=O)O)cs2)cc1. The maximum absolute atomic E-state index is 10.7. The number of halogens is 1. The van der Waals surface area contributed by atoms with E-state index in [-0.39, 0.29) is 18.1 Å². The Hall–Kier alpha value is -1.43. The lowest BCUT2D eigenvalue weighted by Gasteiger charge is -1.98. The average molecular weight is 271 g/mol. The second kappa shape index (κ2) is 5.77. The van der Waals surface area contributed by atoms with Gasteiger partial charge in [0, 0.05) is 17.5 Å². The van der Waals surface area contributed by atoms with E-state index in [2.05, 4.69) is 4.98 Å². The molecular weight excluding hydrogens is 260 g/mol. The fourth-order valence-electron chi connectivity index (χ4n) is 1.29. The number of aromatic nitrogens is 1. The molecule has 0 atom stereocenters. The fraction of sp³-hybridized carbons (Fsp3) is 0.0909. The van der Waals surface area contributed by atoms with E-state index in [9.17, 15) is 4.79 Å². The van der Waals surface area contributed by atoms with Crippen LogP contribution in [0.2, 0.25) is 0 Å². The highest BCUT2D eigenvalue weighted by molar-refractivity contribution is 7.13. The first-order chi connectivity index (χ1) is 7.70. The molecule has 2 aromatic rings. The maximum Gasteiger partial charge on any atom is 0.355 e. The molecule has 0 unspecified atom stereocenters. The molecule has 1 aromatic carbocycles. The fourth-order valence-corrected chi connectivity index (χ4v) is 2.09. The van der Waals surface area contributed by atoms with Gasteiger partial charge in [-0.3, -0.25) is 0 Å². The monoisotopic (exact) mass is 270 g/mol. The van der Waals surface area contributed by atoms with Crippen molar-refractivity contribution in [2.75, 3.05) is 0 Å². The molecule has 1 heterocycles. The lowest BCUT2D eigenvalue weighted by molar-refractivity contribution is 0.0691. The van der Waals surface area contributed by atoms with Crippen molar-refractivity contribution >= 4 is 29.7 Å². The van der Waals surface area contributed by atoms with Gasteiger partial charge in [0.1, 0.15) is 5.01 Å². The van der Waals surface area contributed by atoms with Crippen molar-refractivity contribution in [2.45, 2.75) is 6.54 Å².